The SMILES string of the molecule is CCc1sc(/C(C#N)=C/c2ccc([N+](=O)[O-])cc2)nc1-c1ccc(C)cc1C. The Balaban J connectivity index is 2.03. The monoisotopic (exact) mass is 389 g/mol. The van der Waals surface area contributed by atoms with Gasteiger partial charge in [0.05, 0.1) is 16.2 Å². The Morgan fingerprint density at radius 1 is 1.25 bits per heavy atom. The van der Waals surface area contributed by atoms with Crippen molar-refractivity contribution in [2.75, 3.05) is 0 Å². The first-order chi connectivity index (χ1) is 13.4. The minimum absolute atomic E-state index is 0.0234. The van der Waals surface area contributed by atoms with E-state index < -0.39 is 4.92 Å². The zero-order valence-electron chi connectivity index (χ0n) is 15.9. The molecule has 6 heteroatoms. The number of aromatic nitrogens is 1. The summed E-state index contributed by atoms with van der Waals surface area (Å²) >= 11 is 1.52. The maximum atomic E-state index is 10.8. The van der Waals surface area contributed by atoms with Crippen LogP contribution in [0.5, 0.6) is 0 Å². The fraction of sp³-hybridized carbons (Fsp3) is 0.182. The number of nitro groups is 1. The highest BCUT2D eigenvalue weighted by atomic mass is 32.1. The van der Waals surface area contributed by atoms with E-state index in [1.165, 1.54) is 29.0 Å². The summed E-state index contributed by atoms with van der Waals surface area (Å²) in [5.41, 5.74) is 5.56. The lowest BCUT2D eigenvalue weighted by Crippen LogP contribution is -1.89. The number of nitro benzene ring substituents is 1. The Hall–Kier alpha value is -3.30. The van der Waals surface area contributed by atoms with Gasteiger partial charge in [0.25, 0.3) is 5.69 Å². The number of aryl methyl sites for hydroxylation is 3. The Labute approximate surface area is 167 Å². The molecular formula is C22H19N3O2S. The molecule has 3 rings (SSSR count). The number of hydrogen-bond donors (Lipinski definition) is 0. The first-order valence-corrected chi connectivity index (χ1v) is 9.68. The molecule has 0 aliphatic carbocycles. The molecule has 0 spiro atoms. The third kappa shape index (κ3) is 4.00. The molecule has 5 nitrogen and oxygen atoms in total. The van der Waals surface area contributed by atoms with Crippen LogP contribution in [0.15, 0.2) is 42.5 Å². The van der Waals surface area contributed by atoms with Gasteiger partial charge in [-0.25, -0.2) is 4.98 Å². The van der Waals surface area contributed by atoms with E-state index in [1.807, 2.05) is 0 Å². The normalized spacial score (nSPS) is 11.3. The summed E-state index contributed by atoms with van der Waals surface area (Å²) in [6.45, 7) is 6.21. The number of hydrogen-bond acceptors (Lipinski definition) is 5. The molecule has 0 saturated heterocycles. The number of thiazole rings is 1. The molecule has 1 heterocycles. The first kappa shape index (κ1) is 19.5. The summed E-state index contributed by atoms with van der Waals surface area (Å²) < 4.78 is 0. The molecule has 0 radical (unpaired) electrons. The van der Waals surface area contributed by atoms with E-state index in [-0.39, 0.29) is 5.69 Å². The highest BCUT2D eigenvalue weighted by Gasteiger charge is 2.16. The molecular weight excluding hydrogens is 370 g/mol. The van der Waals surface area contributed by atoms with Crippen LogP contribution in [0.3, 0.4) is 0 Å². The largest absolute Gasteiger partial charge is 0.269 e. The van der Waals surface area contributed by atoms with Crippen molar-refractivity contribution in [3.05, 3.63) is 79.2 Å². The van der Waals surface area contributed by atoms with E-state index >= 15 is 0 Å². The second-order valence-electron chi connectivity index (χ2n) is 6.48. The van der Waals surface area contributed by atoms with Crippen molar-refractivity contribution in [2.24, 2.45) is 0 Å². The van der Waals surface area contributed by atoms with Gasteiger partial charge in [-0.15, -0.1) is 11.3 Å². The van der Waals surface area contributed by atoms with Gasteiger partial charge in [-0.2, -0.15) is 5.26 Å². The number of nitriles is 1. The summed E-state index contributed by atoms with van der Waals surface area (Å²) in [5, 5.41) is 21.1. The summed E-state index contributed by atoms with van der Waals surface area (Å²) in [5.74, 6) is 0. The number of allylic oxidation sites excluding steroid dienone is 1. The minimum atomic E-state index is -0.441. The fourth-order valence-electron chi connectivity index (χ4n) is 3.00. The van der Waals surface area contributed by atoms with Gasteiger partial charge in [0.2, 0.25) is 0 Å². The Morgan fingerprint density at radius 3 is 2.54 bits per heavy atom. The first-order valence-electron chi connectivity index (χ1n) is 8.87. The van der Waals surface area contributed by atoms with Crippen LogP contribution in [0.25, 0.3) is 22.9 Å². The smallest absolute Gasteiger partial charge is 0.258 e. The van der Waals surface area contributed by atoms with Crippen LogP contribution in [0, 0.1) is 35.3 Å². The average Bonchev–Trinajstić information content (AvgIpc) is 3.10. The predicted molar refractivity (Wildman–Crippen MR) is 113 cm³/mol. The van der Waals surface area contributed by atoms with Gasteiger partial charge < -0.3 is 0 Å². The third-order valence-corrected chi connectivity index (χ3v) is 5.65. The molecule has 0 aliphatic heterocycles. The van der Waals surface area contributed by atoms with E-state index in [0.717, 1.165) is 33.7 Å². The van der Waals surface area contributed by atoms with Gasteiger partial charge in [0.1, 0.15) is 11.1 Å². The lowest BCUT2D eigenvalue weighted by Gasteiger charge is -2.06. The van der Waals surface area contributed by atoms with Crippen molar-refractivity contribution in [2.45, 2.75) is 27.2 Å². The third-order valence-electron chi connectivity index (χ3n) is 4.42. The molecule has 0 saturated carbocycles. The van der Waals surface area contributed by atoms with Crippen molar-refractivity contribution < 1.29 is 4.92 Å². The van der Waals surface area contributed by atoms with Crippen molar-refractivity contribution in [3.8, 4) is 17.3 Å². The number of benzene rings is 2. The molecule has 28 heavy (non-hydrogen) atoms. The molecule has 1 aromatic heterocycles. The maximum Gasteiger partial charge on any atom is 0.269 e. The minimum Gasteiger partial charge on any atom is -0.258 e. The lowest BCUT2D eigenvalue weighted by atomic mass is 10.0. The quantitative estimate of drug-likeness (QED) is 0.306. The number of rotatable bonds is 5. The Kier molecular flexibility index (Phi) is 5.67. The van der Waals surface area contributed by atoms with Crippen LogP contribution in [0.4, 0.5) is 5.69 Å². The van der Waals surface area contributed by atoms with Crippen molar-refractivity contribution in [3.63, 3.8) is 0 Å². The number of nitrogens with zero attached hydrogens (tertiary/aromatic N) is 3. The number of non-ortho nitro benzene ring substituents is 1. The fourth-order valence-corrected chi connectivity index (χ4v) is 3.98. The van der Waals surface area contributed by atoms with E-state index in [9.17, 15) is 15.4 Å². The van der Waals surface area contributed by atoms with Gasteiger partial charge in [-0.1, -0.05) is 30.7 Å². The lowest BCUT2D eigenvalue weighted by molar-refractivity contribution is -0.384. The van der Waals surface area contributed by atoms with Crippen molar-refractivity contribution in [1.82, 2.24) is 4.98 Å². The molecule has 0 amide bonds. The summed E-state index contributed by atoms with van der Waals surface area (Å²) in [4.78, 5) is 16.3. The molecule has 2 aromatic carbocycles. The standard InChI is InChI=1S/C22H19N3O2S/c1-4-20-21(19-10-5-14(2)11-15(19)3)24-22(28-20)17(13-23)12-16-6-8-18(9-7-16)25(26)27/h5-12H,4H2,1-3H3/b17-12+. The molecule has 0 aliphatic rings. The topological polar surface area (TPSA) is 79.8 Å². The van der Waals surface area contributed by atoms with Crippen LogP contribution in [0.1, 0.15) is 33.5 Å². The highest BCUT2D eigenvalue weighted by Crippen LogP contribution is 2.34. The summed E-state index contributed by atoms with van der Waals surface area (Å²) in [6.07, 6.45) is 2.55. The van der Waals surface area contributed by atoms with Gasteiger partial charge in [0, 0.05) is 22.6 Å². The molecule has 0 fully saturated rings. The van der Waals surface area contributed by atoms with Gasteiger partial charge in [-0.3, -0.25) is 10.1 Å². The predicted octanol–water partition coefficient (Wildman–Crippen LogP) is 5.96. The van der Waals surface area contributed by atoms with E-state index in [4.69, 9.17) is 4.98 Å². The Bertz CT molecular complexity index is 1110. The second-order valence-corrected chi connectivity index (χ2v) is 7.56. The van der Waals surface area contributed by atoms with Crippen LogP contribution in [-0.2, 0) is 6.42 Å². The highest BCUT2D eigenvalue weighted by molar-refractivity contribution is 7.13. The average molecular weight is 389 g/mol. The van der Waals surface area contributed by atoms with Gasteiger partial charge >= 0.3 is 0 Å². The van der Waals surface area contributed by atoms with Crippen LogP contribution >= 0.6 is 11.3 Å². The maximum absolute atomic E-state index is 10.8. The zero-order valence-corrected chi connectivity index (χ0v) is 16.7. The zero-order chi connectivity index (χ0) is 20.3. The van der Waals surface area contributed by atoms with Crippen molar-refractivity contribution >= 4 is 28.7 Å². The Morgan fingerprint density at radius 2 is 1.96 bits per heavy atom. The van der Waals surface area contributed by atoms with E-state index in [0.29, 0.717) is 10.6 Å². The van der Waals surface area contributed by atoms with Gasteiger partial charge in [-0.05, 0) is 49.6 Å². The van der Waals surface area contributed by atoms with Gasteiger partial charge in [0.15, 0.2) is 0 Å². The molecule has 0 N–H and O–H groups in total. The van der Waals surface area contributed by atoms with Crippen molar-refractivity contribution in [1.29, 1.82) is 5.26 Å². The van der Waals surface area contributed by atoms with Crippen LogP contribution < -0.4 is 0 Å². The van der Waals surface area contributed by atoms with Crippen LogP contribution in [0.2, 0.25) is 0 Å². The summed E-state index contributed by atoms with van der Waals surface area (Å²) in [7, 11) is 0. The molecule has 3 aromatic rings. The van der Waals surface area contributed by atoms with E-state index in [1.54, 1.807) is 18.2 Å². The van der Waals surface area contributed by atoms with Crippen LogP contribution in [-0.4, -0.2) is 9.91 Å². The molecule has 0 bridgehead atoms. The molecule has 140 valence electrons. The molecule has 0 atom stereocenters. The summed E-state index contributed by atoms with van der Waals surface area (Å²) in [6, 6.07) is 14.6. The second kappa shape index (κ2) is 8.15. The molecule has 0 unspecified atom stereocenters. The van der Waals surface area contributed by atoms with E-state index in [2.05, 4.69) is 45.0 Å².